The summed E-state index contributed by atoms with van der Waals surface area (Å²) in [6, 6.07) is 17.2. The van der Waals surface area contributed by atoms with Gasteiger partial charge in [-0.2, -0.15) is 0 Å². The lowest BCUT2D eigenvalue weighted by molar-refractivity contribution is 0.414. The molecule has 0 saturated carbocycles. The second-order valence-electron chi connectivity index (χ2n) is 5.49. The van der Waals surface area contributed by atoms with Gasteiger partial charge in [-0.1, -0.05) is 76.8 Å². The Hall–Kier alpha value is -1.08. The summed E-state index contributed by atoms with van der Waals surface area (Å²) >= 11 is 4.27. The Morgan fingerprint density at radius 2 is 1.70 bits per heavy atom. The zero-order chi connectivity index (χ0) is 16.1. The van der Waals surface area contributed by atoms with E-state index < -0.39 is 0 Å². The van der Waals surface area contributed by atoms with Gasteiger partial charge in [0, 0.05) is 22.8 Å². The van der Waals surface area contributed by atoms with E-state index in [0.29, 0.717) is 5.25 Å². The molecule has 0 fully saturated rings. The molecule has 0 aromatic heterocycles. The predicted octanol–water partition coefficient (Wildman–Crippen LogP) is 4.73. The summed E-state index contributed by atoms with van der Waals surface area (Å²) in [4.78, 5) is 7.02. The fourth-order valence-corrected chi connectivity index (χ4v) is 4.22. The van der Waals surface area contributed by atoms with Crippen molar-refractivity contribution in [1.82, 2.24) is 4.90 Å². The molecule has 1 aliphatic rings. The Balaban J connectivity index is 1.77. The summed E-state index contributed by atoms with van der Waals surface area (Å²) in [7, 11) is 0. The van der Waals surface area contributed by atoms with Crippen molar-refractivity contribution in [3.8, 4) is 0 Å². The zero-order valence-electron chi connectivity index (χ0n) is 12.7. The Morgan fingerprint density at radius 1 is 1.04 bits per heavy atom. The molecule has 23 heavy (non-hydrogen) atoms. The Labute approximate surface area is 154 Å². The maximum Gasteiger partial charge on any atom is 0.160 e. The predicted molar refractivity (Wildman–Crippen MR) is 105 cm³/mol. The summed E-state index contributed by atoms with van der Waals surface area (Å²) in [5.74, 6) is -0.194. The lowest BCUT2D eigenvalue weighted by Gasteiger charge is -2.24. The van der Waals surface area contributed by atoms with E-state index in [4.69, 9.17) is 4.99 Å². The van der Waals surface area contributed by atoms with Gasteiger partial charge in [0.1, 0.15) is 5.82 Å². The molecule has 2 aromatic rings. The molecule has 0 saturated heterocycles. The quantitative estimate of drug-likeness (QED) is 0.494. The van der Waals surface area contributed by atoms with Crippen molar-refractivity contribution in [3.63, 3.8) is 0 Å². The summed E-state index contributed by atoms with van der Waals surface area (Å²) < 4.78 is 14.2. The first-order valence-corrected chi connectivity index (χ1v) is 9.95. The monoisotopic (exact) mass is 440 g/mol. The van der Waals surface area contributed by atoms with Gasteiger partial charge in [-0.15, -0.1) is 0 Å². The molecule has 5 heteroatoms. The van der Waals surface area contributed by atoms with Crippen LogP contribution >= 0.6 is 34.4 Å². The third-order valence-electron chi connectivity index (χ3n) is 3.65. The summed E-state index contributed by atoms with van der Waals surface area (Å²) in [6.07, 6.45) is 0. The van der Waals surface area contributed by atoms with Gasteiger partial charge in [0.2, 0.25) is 0 Å². The average molecular weight is 440 g/mol. The molecule has 0 aliphatic carbocycles. The van der Waals surface area contributed by atoms with Crippen molar-refractivity contribution in [3.05, 3.63) is 71.5 Å². The van der Waals surface area contributed by atoms with Crippen LogP contribution in [0.5, 0.6) is 0 Å². The highest BCUT2D eigenvalue weighted by Crippen LogP contribution is 2.27. The molecular weight excluding hydrogens is 422 g/mol. The first-order valence-electron chi connectivity index (χ1n) is 7.55. The molecule has 3 rings (SSSR count). The van der Waals surface area contributed by atoms with Gasteiger partial charge in [0.25, 0.3) is 0 Å². The number of benzene rings is 2. The molecule has 0 bridgehead atoms. The lowest BCUT2D eigenvalue weighted by atomic mass is 10.2. The first kappa shape index (κ1) is 16.8. The van der Waals surface area contributed by atoms with Gasteiger partial charge in [-0.3, -0.25) is 4.99 Å². The molecule has 1 atom stereocenters. The topological polar surface area (TPSA) is 15.6 Å². The van der Waals surface area contributed by atoms with Crippen LogP contribution in [0.2, 0.25) is 0 Å². The van der Waals surface area contributed by atoms with Gasteiger partial charge in [-0.05, 0) is 23.3 Å². The number of rotatable bonds is 5. The van der Waals surface area contributed by atoms with Crippen LogP contribution < -0.4 is 0 Å². The molecule has 1 heterocycles. The molecule has 0 amide bonds. The molecular formula is C18H18FIN2S. The van der Waals surface area contributed by atoms with E-state index in [9.17, 15) is 4.39 Å². The van der Waals surface area contributed by atoms with E-state index in [2.05, 4.69) is 51.8 Å². The van der Waals surface area contributed by atoms with E-state index in [0.717, 1.165) is 34.8 Å². The van der Waals surface area contributed by atoms with Crippen LogP contribution in [0.15, 0.2) is 59.6 Å². The van der Waals surface area contributed by atoms with Gasteiger partial charge < -0.3 is 4.90 Å². The number of nitrogens with zero attached hydrogens (tertiary/aromatic N) is 2. The van der Waals surface area contributed by atoms with E-state index in [1.54, 1.807) is 0 Å². The van der Waals surface area contributed by atoms with Crippen LogP contribution in [0.25, 0.3) is 0 Å². The molecule has 1 unspecified atom stereocenters. The molecule has 0 N–H and O–H groups in total. The maximum absolute atomic E-state index is 13.1. The van der Waals surface area contributed by atoms with E-state index in [1.807, 2.05) is 30.0 Å². The minimum absolute atomic E-state index is 0.194. The lowest BCUT2D eigenvalue weighted by Crippen LogP contribution is -2.27. The van der Waals surface area contributed by atoms with Crippen LogP contribution in [0, 0.1) is 5.82 Å². The highest BCUT2D eigenvalue weighted by Gasteiger charge is 2.23. The molecule has 2 aromatic carbocycles. The van der Waals surface area contributed by atoms with Crippen molar-refractivity contribution in [2.75, 3.05) is 11.0 Å². The van der Waals surface area contributed by atoms with Gasteiger partial charge in [-0.25, -0.2) is 4.39 Å². The largest absolute Gasteiger partial charge is 0.343 e. The van der Waals surface area contributed by atoms with E-state index >= 15 is 0 Å². The average Bonchev–Trinajstić information content (AvgIpc) is 3.06. The van der Waals surface area contributed by atoms with Crippen molar-refractivity contribution >= 4 is 39.5 Å². The van der Waals surface area contributed by atoms with Crippen molar-refractivity contribution in [2.24, 2.45) is 4.99 Å². The summed E-state index contributed by atoms with van der Waals surface area (Å²) in [5.41, 5.74) is 2.36. The number of halogens is 2. The number of aliphatic imine (C=N–C) groups is 1. The van der Waals surface area contributed by atoms with Gasteiger partial charge in [0.15, 0.2) is 5.17 Å². The fraction of sp³-hybridized carbons (Fsp3) is 0.278. The highest BCUT2D eigenvalue weighted by molar-refractivity contribution is 14.1. The maximum atomic E-state index is 13.1. The van der Waals surface area contributed by atoms with Crippen LogP contribution in [0.3, 0.4) is 0 Å². The molecule has 0 spiro atoms. The minimum atomic E-state index is -0.194. The first-order chi connectivity index (χ1) is 11.2. The van der Waals surface area contributed by atoms with Crippen molar-refractivity contribution in [2.45, 2.75) is 18.3 Å². The van der Waals surface area contributed by atoms with Crippen molar-refractivity contribution < 1.29 is 4.39 Å². The third-order valence-corrected chi connectivity index (χ3v) is 6.56. The molecule has 1 aliphatic heterocycles. The van der Waals surface area contributed by atoms with Crippen LogP contribution in [-0.4, -0.2) is 26.3 Å². The van der Waals surface area contributed by atoms with E-state index in [-0.39, 0.29) is 5.82 Å². The molecule has 0 radical (unpaired) electrons. The fourth-order valence-electron chi connectivity index (χ4n) is 2.46. The molecule has 120 valence electrons. The normalized spacial score (nSPS) is 17.1. The smallest absolute Gasteiger partial charge is 0.160 e. The van der Waals surface area contributed by atoms with Crippen molar-refractivity contribution in [1.29, 1.82) is 0 Å². The minimum Gasteiger partial charge on any atom is -0.343 e. The van der Waals surface area contributed by atoms with Crippen LogP contribution in [-0.2, 0) is 13.1 Å². The highest BCUT2D eigenvalue weighted by atomic mass is 127. The number of alkyl halides is 1. The Morgan fingerprint density at radius 3 is 2.30 bits per heavy atom. The summed E-state index contributed by atoms with van der Waals surface area (Å²) in [5, 5.41) is 1.66. The second-order valence-corrected chi connectivity index (χ2v) is 7.63. The third kappa shape index (κ3) is 4.70. The zero-order valence-corrected chi connectivity index (χ0v) is 15.6. The van der Waals surface area contributed by atoms with Crippen LogP contribution in [0.1, 0.15) is 11.1 Å². The number of thioether (sulfide) groups is 1. The molecule has 2 nitrogen and oxygen atoms in total. The second kappa shape index (κ2) is 8.15. The summed E-state index contributed by atoms with van der Waals surface area (Å²) in [6.45, 7) is 2.45. The number of hydrogen-bond donors (Lipinski definition) is 0. The van der Waals surface area contributed by atoms with E-state index in [1.165, 1.54) is 17.7 Å². The Bertz CT molecular complexity index is 660. The standard InChI is InChI=1S/C18H18FIN2S/c19-16-8-6-15(7-9-16)13-22(12-14-4-2-1-3-5-14)18-21-11-17(10-20)23-18/h1-9,17H,10-13H2. The van der Waals surface area contributed by atoms with Crippen LogP contribution in [0.4, 0.5) is 4.39 Å². The van der Waals surface area contributed by atoms with Gasteiger partial charge >= 0.3 is 0 Å². The number of hydrogen-bond acceptors (Lipinski definition) is 3. The Kier molecular flexibility index (Phi) is 5.94. The number of amidine groups is 1. The van der Waals surface area contributed by atoms with Gasteiger partial charge in [0.05, 0.1) is 6.54 Å². The SMILES string of the molecule is Fc1ccc(CN(Cc2ccccc2)C2=NCC(CI)S2)cc1.